The van der Waals surface area contributed by atoms with Gasteiger partial charge in [-0.1, -0.05) is 58.0 Å². The number of phenolic OH excluding ortho intramolecular Hbond substituents is 1. The maximum absolute atomic E-state index is 15.0. The molecule has 0 radical (unpaired) electrons. The lowest BCUT2D eigenvalue weighted by atomic mass is 9.83. The van der Waals surface area contributed by atoms with Crippen LogP contribution in [0.15, 0.2) is 91.3 Å². The van der Waals surface area contributed by atoms with E-state index in [0.29, 0.717) is 75.3 Å². The second kappa shape index (κ2) is 24.8. The summed E-state index contributed by atoms with van der Waals surface area (Å²) in [6.07, 6.45) is 4.35. The number of sulfone groups is 1. The smallest absolute Gasteiger partial charge is 0.324 e. The van der Waals surface area contributed by atoms with Gasteiger partial charge < -0.3 is 39.8 Å². The summed E-state index contributed by atoms with van der Waals surface area (Å²) in [5, 5.41) is 17.0. The monoisotopic (exact) mass is 1170 g/mol. The lowest BCUT2D eigenvalue weighted by Gasteiger charge is -2.37. The molecule has 84 heavy (non-hydrogen) atoms. The van der Waals surface area contributed by atoms with Gasteiger partial charge in [0.1, 0.15) is 30.0 Å². The standard InChI is InChI=1S/C64H79N9O10S/c1-9-72-55-19-15-42-31-50(55)52(58(72)51-32-45(35-67-56(51)39(4)81-8)43-14-18-47(66-34-43)36-71-22-25-84(79,80)26-23-71)33-64(5,6)37-83-63(78)53-11-10-21-73(69-53)61(76)54(29-40-27-44(42)30-48(74)28-40)68-60(75)57(38(2)3)70(7)62(77)59-49(20-24-82-59)41-12-16-46(65)17-13-41/h12-19,27-28,30-32,34-35,38-39,49,53-54,57,59,69,74H,9-11,20-26,29,33,36-37,65H2,1-8H3,(H,68,75)/t39-,49+,53-,54-,57-,59+/m0/s1. The molecule has 3 aromatic carbocycles. The largest absolute Gasteiger partial charge is 0.508 e. The number of rotatable bonds is 13. The number of hydrazine groups is 1. The third kappa shape index (κ3) is 12.9. The molecule has 6 atom stereocenters. The van der Waals surface area contributed by atoms with Crippen LogP contribution in [0.4, 0.5) is 5.69 Å². The number of fused-ring (bicyclic) bond motifs is 6. The first-order valence-corrected chi connectivity index (χ1v) is 31.1. The minimum absolute atomic E-state index is 0.0373. The maximum Gasteiger partial charge on any atom is 0.324 e. The Hall–Kier alpha value is -7.23. The number of hydrogen-bond acceptors (Lipinski definition) is 15. The highest BCUT2D eigenvalue weighted by Crippen LogP contribution is 2.44. The van der Waals surface area contributed by atoms with Crippen molar-refractivity contribution in [1.29, 1.82) is 0 Å². The van der Waals surface area contributed by atoms with Crippen molar-refractivity contribution in [3.8, 4) is 39.3 Å². The second-order valence-corrected chi connectivity index (χ2v) is 26.5. The molecule has 0 unspecified atom stereocenters. The lowest BCUT2D eigenvalue weighted by molar-refractivity contribution is -0.155. The second-order valence-electron chi connectivity index (χ2n) is 24.2. The molecule has 3 aromatic heterocycles. The number of carbonyl (C=O) groups excluding carboxylic acids is 4. The molecule has 10 rings (SSSR count). The van der Waals surface area contributed by atoms with E-state index in [-0.39, 0.29) is 54.6 Å². The molecule has 4 aliphatic heterocycles. The van der Waals surface area contributed by atoms with Crippen molar-refractivity contribution < 1.29 is 46.9 Å². The zero-order valence-electron chi connectivity index (χ0n) is 49.4. The molecular weight excluding hydrogens is 1090 g/mol. The summed E-state index contributed by atoms with van der Waals surface area (Å²) < 4.78 is 44.8. The molecule has 20 heteroatoms. The molecule has 19 nitrogen and oxygen atoms in total. The van der Waals surface area contributed by atoms with Gasteiger partial charge in [-0.05, 0) is 122 Å². The number of nitrogen functional groups attached to an aromatic ring is 1. The summed E-state index contributed by atoms with van der Waals surface area (Å²) in [6, 6.07) is 21.9. The van der Waals surface area contributed by atoms with Crippen molar-refractivity contribution in [2.75, 3.05) is 64.2 Å². The fourth-order valence-electron chi connectivity index (χ4n) is 12.5. The summed E-state index contributed by atoms with van der Waals surface area (Å²) in [5.74, 6) is -2.30. The predicted molar refractivity (Wildman–Crippen MR) is 322 cm³/mol. The van der Waals surface area contributed by atoms with Crippen molar-refractivity contribution in [2.45, 2.75) is 123 Å². The van der Waals surface area contributed by atoms with E-state index in [1.54, 1.807) is 38.4 Å². The average molecular weight is 1170 g/mol. The highest BCUT2D eigenvalue weighted by atomic mass is 32.2. The molecule has 0 spiro atoms. The van der Waals surface area contributed by atoms with Crippen LogP contribution in [0.5, 0.6) is 5.75 Å². The lowest BCUT2D eigenvalue weighted by Crippen LogP contribution is -2.62. The van der Waals surface area contributed by atoms with Crippen molar-refractivity contribution in [3.05, 3.63) is 119 Å². The van der Waals surface area contributed by atoms with E-state index in [1.165, 1.54) is 9.91 Å². The Morgan fingerprint density at radius 3 is 2.37 bits per heavy atom. The van der Waals surface area contributed by atoms with E-state index in [1.807, 2.05) is 69.6 Å². The molecule has 7 heterocycles. The number of carbonyl (C=O) groups is 4. The molecule has 4 aliphatic rings. The number of pyridine rings is 2. The van der Waals surface area contributed by atoms with E-state index < -0.39 is 63.4 Å². The molecule has 6 aromatic rings. The number of benzene rings is 3. The number of likely N-dealkylation sites (N-methyl/N-ethyl adjacent to an activating group) is 1. The van der Waals surface area contributed by atoms with Crippen LogP contribution in [0.2, 0.25) is 0 Å². The number of anilines is 1. The summed E-state index contributed by atoms with van der Waals surface area (Å²) in [5.41, 5.74) is 19.1. The van der Waals surface area contributed by atoms with Crippen molar-refractivity contribution in [2.24, 2.45) is 11.3 Å². The maximum atomic E-state index is 15.0. The fraction of sp³-hybridized carbons (Fsp3) is 0.469. The van der Waals surface area contributed by atoms with Gasteiger partial charge in [0.05, 0.1) is 41.3 Å². The third-order valence-electron chi connectivity index (χ3n) is 17.1. The van der Waals surface area contributed by atoms with E-state index in [0.717, 1.165) is 61.4 Å². The molecular formula is C64H79N9O10S. The predicted octanol–water partition coefficient (Wildman–Crippen LogP) is 7.38. The van der Waals surface area contributed by atoms with Crippen LogP contribution in [0.25, 0.3) is 44.4 Å². The SMILES string of the molecule is CCn1c(-c2cc(-c3ccc(CN4CCS(=O)(=O)CC4)nc3)cnc2[C@H](C)OC)c2c3cc(ccc31)-c1cc(O)cc(c1)C[C@H](NC(=O)[C@H](C(C)C)N(C)C(=O)[C@@H]1OCC[C@@H]1c1ccc(N)cc1)C(=O)N1CCC[C@H](N1)C(=O)OCC(C)(C)C2. The van der Waals surface area contributed by atoms with Crippen LogP contribution < -0.4 is 16.5 Å². The third-order valence-corrected chi connectivity index (χ3v) is 18.7. The number of amides is 3. The quantitative estimate of drug-likeness (QED) is 0.0652. The number of methoxy groups -OCH3 is 1. The van der Waals surface area contributed by atoms with Crippen molar-refractivity contribution in [1.82, 2.24) is 40.1 Å². The number of nitrogens with one attached hydrogen (secondary N) is 2. The number of esters is 1. The highest BCUT2D eigenvalue weighted by molar-refractivity contribution is 7.91. The van der Waals surface area contributed by atoms with Gasteiger partial charge in [-0.2, -0.15) is 0 Å². The Labute approximate surface area is 492 Å². The van der Waals surface area contributed by atoms with Gasteiger partial charge in [-0.25, -0.2) is 13.8 Å². The molecule has 3 saturated heterocycles. The summed E-state index contributed by atoms with van der Waals surface area (Å²) in [4.78, 5) is 72.1. The van der Waals surface area contributed by atoms with E-state index in [9.17, 15) is 27.9 Å². The summed E-state index contributed by atoms with van der Waals surface area (Å²) in [6.45, 7) is 14.6. The number of ether oxygens (including phenoxy) is 3. The van der Waals surface area contributed by atoms with E-state index in [2.05, 4.69) is 59.2 Å². The number of aromatic nitrogens is 3. The fourth-order valence-corrected chi connectivity index (χ4v) is 13.8. The number of aryl methyl sites for hydroxylation is 1. The first-order chi connectivity index (χ1) is 40.1. The number of phenols is 1. The van der Waals surface area contributed by atoms with Gasteiger partial charge in [0.25, 0.3) is 11.8 Å². The van der Waals surface area contributed by atoms with Gasteiger partial charge in [-0.15, -0.1) is 0 Å². The molecule has 446 valence electrons. The van der Waals surface area contributed by atoms with E-state index >= 15 is 4.79 Å². The number of nitrogens with two attached hydrogens (primary N) is 1. The van der Waals surface area contributed by atoms with Crippen LogP contribution in [-0.4, -0.2) is 149 Å². The zero-order chi connectivity index (χ0) is 59.8. The topological polar surface area (TPSA) is 241 Å². The van der Waals surface area contributed by atoms with Crippen LogP contribution in [0.1, 0.15) is 101 Å². The molecule has 3 amide bonds. The van der Waals surface area contributed by atoms with E-state index in [4.69, 9.17) is 29.9 Å². The molecule has 5 N–H and O–H groups in total. The highest BCUT2D eigenvalue weighted by Gasteiger charge is 2.43. The normalized spacial score (nSPS) is 21.8. The van der Waals surface area contributed by atoms with Gasteiger partial charge in [0, 0.05) is 117 Å². The summed E-state index contributed by atoms with van der Waals surface area (Å²) in [7, 11) is 0.239. The number of cyclic esters (lactones) is 1. The zero-order valence-corrected chi connectivity index (χ0v) is 50.2. The Kier molecular flexibility index (Phi) is 17.7. The van der Waals surface area contributed by atoms with Crippen LogP contribution in [0, 0.1) is 11.3 Å². The summed E-state index contributed by atoms with van der Waals surface area (Å²) >= 11 is 0. The minimum atomic E-state index is -3.01. The Morgan fingerprint density at radius 1 is 0.929 bits per heavy atom. The van der Waals surface area contributed by atoms with Crippen LogP contribution >= 0.6 is 0 Å². The minimum Gasteiger partial charge on any atom is -0.508 e. The van der Waals surface area contributed by atoms with Gasteiger partial charge in [0.2, 0.25) is 5.91 Å². The molecule has 0 saturated carbocycles. The first-order valence-electron chi connectivity index (χ1n) is 29.3. The Morgan fingerprint density at radius 2 is 1.67 bits per heavy atom. The van der Waals surface area contributed by atoms with Gasteiger partial charge in [-0.3, -0.25) is 39.1 Å². The Bertz CT molecular complexity index is 3540. The molecule has 6 bridgehead atoms. The molecule has 0 aliphatic carbocycles. The van der Waals surface area contributed by atoms with Crippen LogP contribution in [0.3, 0.4) is 0 Å². The number of hydrogen-bond donors (Lipinski definition) is 4. The number of nitrogens with zero attached hydrogens (tertiary/aromatic N) is 6. The van der Waals surface area contributed by atoms with Crippen molar-refractivity contribution >= 4 is 50.1 Å². The average Bonchev–Trinajstić information content (AvgIpc) is 2.03. The Balaban J connectivity index is 1.03. The van der Waals surface area contributed by atoms with Crippen molar-refractivity contribution in [3.63, 3.8) is 0 Å². The first kappa shape index (κ1) is 59.9. The number of aromatic hydroxyl groups is 1. The van der Waals surface area contributed by atoms with Gasteiger partial charge in [0.15, 0.2) is 9.84 Å². The molecule has 3 fully saturated rings. The van der Waals surface area contributed by atoms with Crippen LogP contribution in [-0.2, 0) is 69.2 Å². The van der Waals surface area contributed by atoms with Gasteiger partial charge >= 0.3 is 5.97 Å².